The number of benzene rings is 1. The van der Waals surface area contributed by atoms with Crippen LogP contribution in [0, 0.1) is 6.92 Å². The number of halogens is 2. The molecule has 1 saturated heterocycles. The van der Waals surface area contributed by atoms with Crippen molar-refractivity contribution < 1.29 is 14.1 Å². The average Bonchev–Trinajstić information content (AvgIpc) is 3.38. The van der Waals surface area contributed by atoms with Gasteiger partial charge in [-0.3, -0.25) is 9.59 Å². The summed E-state index contributed by atoms with van der Waals surface area (Å²) in [6, 6.07) is 4.95. The number of hydrogen-bond acceptors (Lipinski definition) is 7. The third-order valence-corrected chi connectivity index (χ3v) is 5.49. The molecule has 12 heteroatoms. The van der Waals surface area contributed by atoms with E-state index in [1.807, 2.05) is 0 Å². The summed E-state index contributed by atoms with van der Waals surface area (Å²) in [4.78, 5) is 32.8. The molecule has 2 aromatic heterocycles. The number of carbonyl (C=O) groups is 2. The van der Waals surface area contributed by atoms with Crippen LogP contribution in [0.2, 0.25) is 10.0 Å². The Kier molecular flexibility index (Phi) is 5.69. The van der Waals surface area contributed by atoms with Gasteiger partial charge in [0.2, 0.25) is 5.89 Å². The molecule has 1 aliphatic heterocycles. The molecule has 0 bridgehead atoms. The maximum Gasteiger partial charge on any atom is 0.276 e. The second kappa shape index (κ2) is 8.41. The van der Waals surface area contributed by atoms with E-state index in [2.05, 4.69) is 20.5 Å². The highest BCUT2D eigenvalue weighted by Crippen LogP contribution is 2.26. The summed E-state index contributed by atoms with van der Waals surface area (Å²) in [5, 5.41) is 12.2. The molecule has 1 aliphatic rings. The van der Waals surface area contributed by atoms with Gasteiger partial charge in [0.05, 0.1) is 21.8 Å². The summed E-state index contributed by atoms with van der Waals surface area (Å²) in [7, 11) is 0. The predicted octanol–water partition coefficient (Wildman–Crippen LogP) is 1.92. The summed E-state index contributed by atoms with van der Waals surface area (Å²) in [5.41, 5.74) is 0.566. The second-order valence-electron chi connectivity index (χ2n) is 6.72. The molecule has 3 aromatic rings. The van der Waals surface area contributed by atoms with Crippen LogP contribution in [0.1, 0.15) is 32.6 Å². The van der Waals surface area contributed by atoms with E-state index in [9.17, 15) is 9.59 Å². The Morgan fingerprint density at radius 3 is 2.47 bits per heavy atom. The molecule has 4 rings (SSSR count). The van der Waals surface area contributed by atoms with Crippen LogP contribution in [-0.2, 0) is 6.54 Å². The summed E-state index contributed by atoms with van der Waals surface area (Å²) in [5.74, 6) is 0.436. The van der Waals surface area contributed by atoms with Crippen LogP contribution in [0.15, 0.2) is 28.9 Å². The molecule has 3 heterocycles. The number of hydrogen-bond donors (Lipinski definition) is 0. The molecule has 0 N–H and O–H groups in total. The first-order valence-corrected chi connectivity index (χ1v) is 9.90. The van der Waals surface area contributed by atoms with Gasteiger partial charge in [-0.25, -0.2) is 4.68 Å². The summed E-state index contributed by atoms with van der Waals surface area (Å²) in [6.07, 6.45) is 1.54. The van der Waals surface area contributed by atoms with E-state index in [4.69, 9.17) is 27.7 Å². The maximum absolute atomic E-state index is 12.7. The highest BCUT2D eigenvalue weighted by Gasteiger charge is 2.28. The van der Waals surface area contributed by atoms with E-state index < -0.39 is 0 Å². The molecular formula is C18H17Cl2N7O3. The van der Waals surface area contributed by atoms with Crippen molar-refractivity contribution in [2.24, 2.45) is 0 Å². The molecule has 2 amide bonds. The number of nitrogens with zero attached hydrogens (tertiary/aromatic N) is 7. The highest BCUT2D eigenvalue weighted by atomic mass is 35.5. The van der Waals surface area contributed by atoms with Crippen LogP contribution in [0.4, 0.5) is 0 Å². The minimum Gasteiger partial charge on any atom is -0.340 e. The lowest BCUT2D eigenvalue weighted by molar-refractivity contribution is 0.0532. The monoisotopic (exact) mass is 449 g/mol. The van der Waals surface area contributed by atoms with Gasteiger partial charge in [-0.15, -0.1) is 5.10 Å². The van der Waals surface area contributed by atoms with Gasteiger partial charge >= 0.3 is 0 Å². The Hall–Kier alpha value is -2.98. The smallest absolute Gasteiger partial charge is 0.276 e. The summed E-state index contributed by atoms with van der Waals surface area (Å²) in [6.45, 7) is 3.45. The zero-order valence-corrected chi connectivity index (χ0v) is 17.5. The minimum atomic E-state index is -0.251. The number of aromatic nitrogens is 5. The zero-order valence-electron chi connectivity index (χ0n) is 16.0. The van der Waals surface area contributed by atoms with Crippen molar-refractivity contribution in [1.82, 2.24) is 34.9 Å². The van der Waals surface area contributed by atoms with Crippen molar-refractivity contribution >= 4 is 35.0 Å². The topological polar surface area (TPSA) is 110 Å². The third kappa shape index (κ3) is 4.14. The van der Waals surface area contributed by atoms with Crippen molar-refractivity contribution in [2.75, 3.05) is 26.2 Å². The van der Waals surface area contributed by atoms with Gasteiger partial charge in [0, 0.05) is 33.1 Å². The number of amides is 2. The van der Waals surface area contributed by atoms with Gasteiger partial charge in [-0.2, -0.15) is 4.98 Å². The Bertz CT molecular complexity index is 1090. The average molecular weight is 450 g/mol. The van der Waals surface area contributed by atoms with E-state index in [0.29, 0.717) is 48.5 Å². The molecule has 30 heavy (non-hydrogen) atoms. The fourth-order valence-corrected chi connectivity index (χ4v) is 3.52. The first-order chi connectivity index (χ1) is 14.4. The molecule has 0 spiro atoms. The van der Waals surface area contributed by atoms with Gasteiger partial charge in [-0.1, -0.05) is 39.6 Å². The van der Waals surface area contributed by atoms with E-state index in [-0.39, 0.29) is 29.1 Å². The lowest BCUT2D eigenvalue weighted by Crippen LogP contribution is -2.50. The van der Waals surface area contributed by atoms with Crippen LogP contribution in [-0.4, -0.2) is 72.9 Å². The minimum absolute atomic E-state index is 0.212. The van der Waals surface area contributed by atoms with Crippen LogP contribution in [0.25, 0.3) is 0 Å². The molecule has 0 aliphatic carbocycles. The lowest BCUT2D eigenvalue weighted by atomic mass is 10.1. The van der Waals surface area contributed by atoms with Crippen LogP contribution in [0.5, 0.6) is 0 Å². The standard InChI is InChI=1S/C18H17Cl2N7O3/c1-11-21-15(23-30-11)10-27-9-14(22-24-27)18(29)26-7-5-25(6-8-26)17(28)12-3-2-4-13(19)16(12)20/h2-4,9H,5-8,10H2,1H3. The lowest BCUT2D eigenvalue weighted by Gasteiger charge is -2.34. The number of rotatable bonds is 4. The van der Waals surface area contributed by atoms with Gasteiger partial charge in [0.1, 0.15) is 6.54 Å². The molecule has 156 valence electrons. The number of aryl methyl sites for hydroxylation is 1. The van der Waals surface area contributed by atoms with E-state index in [0.717, 1.165) is 0 Å². The normalized spacial score (nSPS) is 14.2. The van der Waals surface area contributed by atoms with E-state index in [1.54, 1.807) is 34.9 Å². The fraction of sp³-hybridized carbons (Fsp3) is 0.333. The first kappa shape index (κ1) is 20.3. The van der Waals surface area contributed by atoms with Gasteiger partial charge in [-0.05, 0) is 12.1 Å². The van der Waals surface area contributed by atoms with Crippen molar-refractivity contribution in [1.29, 1.82) is 0 Å². The van der Waals surface area contributed by atoms with Crippen molar-refractivity contribution in [3.8, 4) is 0 Å². The fourth-order valence-electron chi connectivity index (χ4n) is 3.14. The van der Waals surface area contributed by atoms with E-state index in [1.165, 1.54) is 10.9 Å². The Balaban J connectivity index is 1.36. The van der Waals surface area contributed by atoms with E-state index >= 15 is 0 Å². The maximum atomic E-state index is 12.7. The second-order valence-corrected chi connectivity index (χ2v) is 7.50. The molecule has 0 unspecified atom stereocenters. The van der Waals surface area contributed by atoms with Crippen LogP contribution < -0.4 is 0 Å². The van der Waals surface area contributed by atoms with Gasteiger partial charge in [0.25, 0.3) is 11.8 Å². The summed E-state index contributed by atoms with van der Waals surface area (Å²) >= 11 is 12.2. The molecule has 1 fully saturated rings. The molecule has 0 atom stereocenters. The molecule has 1 aromatic carbocycles. The van der Waals surface area contributed by atoms with Gasteiger partial charge in [0.15, 0.2) is 11.5 Å². The molecule has 10 nitrogen and oxygen atoms in total. The quantitative estimate of drug-likeness (QED) is 0.597. The first-order valence-electron chi connectivity index (χ1n) is 9.14. The van der Waals surface area contributed by atoms with Crippen LogP contribution >= 0.6 is 23.2 Å². The number of piperazine rings is 1. The Labute approximate surface area is 181 Å². The van der Waals surface area contributed by atoms with Crippen molar-refractivity contribution in [2.45, 2.75) is 13.5 Å². The number of carbonyl (C=O) groups excluding carboxylic acids is 2. The molecular weight excluding hydrogens is 433 g/mol. The molecule has 0 radical (unpaired) electrons. The Morgan fingerprint density at radius 1 is 1.10 bits per heavy atom. The van der Waals surface area contributed by atoms with Crippen molar-refractivity contribution in [3.05, 3.63) is 57.4 Å². The third-order valence-electron chi connectivity index (χ3n) is 4.67. The van der Waals surface area contributed by atoms with Crippen molar-refractivity contribution in [3.63, 3.8) is 0 Å². The SMILES string of the molecule is Cc1nc(Cn2cc(C(=O)N3CCN(C(=O)c4cccc(Cl)c4Cl)CC3)nn2)no1. The van der Waals surface area contributed by atoms with Crippen LogP contribution in [0.3, 0.4) is 0 Å². The summed E-state index contributed by atoms with van der Waals surface area (Å²) < 4.78 is 6.39. The largest absolute Gasteiger partial charge is 0.340 e. The predicted molar refractivity (Wildman–Crippen MR) is 106 cm³/mol. The van der Waals surface area contributed by atoms with Gasteiger partial charge < -0.3 is 14.3 Å². The Morgan fingerprint density at radius 2 is 1.80 bits per heavy atom. The highest BCUT2D eigenvalue weighted by molar-refractivity contribution is 6.43. The molecule has 0 saturated carbocycles. The zero-order chi connectivity index (χ0) is 21.3.